The summed E-state index contributed by atoms with van der Waals surface area (Å²) in [5.74, 6) is 0.0230. The predicted octanol–water partition coefficient (Wildman–Crippen LogP) is 4.11. The first-order valence-electron chi connectivity index (χ1n) is 12.3. The zero-order chi connectivity index (χ0) is 28.8. The van der Waals surface area contributed by atoms with Gasteiger partial charge in [0.15, 0.2) is 5.76 Å². The monoisotopic (exact) mass is 565 g/mol. The molecule has 11 nitrogen and oxygen atoms in total. The molecule has 3 heterocycles. The molecular formula is C28H28ClN5O6. The van der Waals surface area contributed by atoms with E-state index in [2.05, 4.69) is 20.8 Å². The lowest BCUT2D eigenvalue weighted by Gasteiger charge is -2.21. The van der Waals surface area contributed by atoms with Crippen LogP contribution in [0.25, 0.3) is 22.5 Å². The normalized spacial score (nSPS) is 11.6. The standard InChI is InChI=1S/C28H28ClN5O6/c1-16-11-24(40-33-16)19-7-5-17(29)12-20(19)21-13-26(35)34(15-25(21)39-4)23(9-10-38-3)28(37)32-18-6-8-22(31-14-18)27(36)30-2/h5-8,11-15,23H,9-10H2,1-4H3,(H,30,36)(H,32,37). The highest BCUT2D eigenvalue weighted by atomic mass is 35.5. The fourth-order valence-electron chi connectivity index (χ4n) is 4.17. The Morgan fingerprint density at radius 1 is 1.10 bits per heavy atom. The van der Waals surface area contributed by atoms with Gasteiger partial charge < -0.3 is 24.6 Å². The first-order chi connectivity index (χ1) is 19.2. The highest BCUT2D eigenvalue weighted by Crippen LogP contribution is 2.38. The minimum absolute atomic E-state index is 0.203. The fraction of sp³-hybridized carbons (Fsp3) is 0.250. The molecule has 1 aromatic carbocycles. The first kappa shape index (κ1) is 28.5. The van der Waals surface area contributed by atoms with Crippen LogP contribution in [-0.4, -0.2) is 54.4 Å². The molecule has 4 aromatic rings. The lowest BCUT2D eigenvalue weighted by molar-refractivity contribution is -0.119. The van der Waals surface area contributed by atoms with E-state index in [1.165, 1.54) is 50.4 Å². The van der Waals surface area contributed by atoms with Crippen LogP contribution < -0.4 is 20.9 Å². The van der Waals surface area contributed by atoms with Gasteiger partial charge in [-0.15, -0.1) is 0 Å². The number of amides is 2. The van der Waals surface area contributed by atoms with E-state index in [9.17, 15) is 14.4 Å². The third kappa shape index (κ3) is 6.22. The molecule has 0 saturated heterocycles. The van der Waals surface area contributed by atoms with Gasteiger partial charge in [-0.1, -0.05) is 16.8 Å². The van der Waals surface area contributed by atoms with Crippen LogP contribution in [0.1, 0.15) is 28.6 Å². The van der Waals surface area contributed by atoms with Crippen molar-refractivity contribution in [1.29, 1.82) is 0 Å². The molecule has 0 aliphatic heterocycles. The van der Waals surface area contributed by atoms with Crippen LogP contribution in [0.4, 0.5) is 5.69 Å². The summed E-state index contributed by atoms with van der Waals surface area (Å²) in [6.07, 6.45) is 3.06. The Bertz CT molecular complexity index is 1580. The molecule has 2 N–H and O–H groups in total. The Morgan fingerprint density at radius 3 is 2.52 bits per heavy atom. The third-order valence-electron chi connectivity index (χ3n) is 6.15. The number of nitrogens with one attached hydrogen (secondary N) is 2. The summed E-state index contributed by atoms with van der Waals surface area (Å²) in [7, 11) is 4.48. The summed E-state index contributed by atoms with van der Waals surface area (Å²) in [4.78, 5) is 42.7. The summed E-state index contributed by atoms with van der Waals surface area (Å²) in [5, 5.41) is 9.66. The zero-order valence-corrected chi connectivity index (χ0v) is 23.1. The number of hydrogen-bond donors (Lipinski definition) is 2. The molecule has 2 amide bonds. The Balaban J connectivity index is 1.73. The van der Waals surface area contributed by atoms with E-state index >= 15 is 0 Å². The van der Waals surface area contributed by atoms with Gasteiger partial charge in [0.25, 0.3) is 11.5 Å². The van der Waals surface area contributed by atoms with Crippen LogP contribution in [-0.2, 0) is 9.53 Å². The molecule has 208 valence electrons. The van der Waals surface area contributed by atoms with E-state index in [1.807, 2.05) is 6.92 Å². The van der Waals surface area contributed by atoms with E-state index in [0.717, 1.165) is 0 Å². The lowest BCUT2D eigenvalue weighted by Crippen LogP contribution is -2.34. The largest absolute Gasteiger partial charge is 0.495 e. The van der Waals surface area contributed by atoms with Crippen molar-refractivity contribution in [3.8, 4) is 28.2 Å². The van der Waals surface area contributed by atoms with Gasteiger partial charge in [-0.2, -0.15) is 0 Å². The molecule has 1 unspecified atom stereocenters. The Morgan fingerprint density at radius 2 is 1.90 bits per heavy atom. The summed E-state index contributed by atoms with van der Waals surface area (Å²) in [5.41, 5.74) is 2.56. The maximum atomic E-state index is 13.5. The van der Waals surface area contributed by atoms with Crippen molar-refractivity contribution < 1.29 is 23.6 Å². The van der Waals surface area contributed by atoms with Gasteiger partial charge in [-0.05, 0) is 42.8 Å². The van der Waals surface area contributed by atoms with Gasteiger partial charge in [0.05, 0.1) is 30.9 Å². The van der Waals surface area contributed by atoms with Crippen molar-refractivity contribution in [1.82, 2.24) is 20.0 Å². The third-order valence-corrected chi connectivity index (χ3v) is 6.39. The van der Waals surface area contributed by atoms with Crippen LogP contribution in [0.5, 0.6) is 5.75 Å². The predicted molar refractivity (Wildman–Crippen MR) is 150 cm³/mol. The second kappa shape index (κ2) is 12.6. The average molecular weight is 566 g/mol. The van der Waals surface area contributed by atoms with E-state index in [4.69, 9.17) is 25.6 Å². The molecule has 0 spiro atoms. The summed E-state index contributed by atoms with van der Waals surface area (Å²) in [6, 6.07) is 10.5. The number of benzene rings is 1. The molecule has 3 aromatic heterocycles. The van der Waals surface area contributed by atoms with E-state index < -0.39 is 17.5 Å². The minimum Gasteiger partial charge on any atom is -0.495 e. The van der Waals surface area contributed by atoms with Crippen molar-refractivity contribution in [3.05, 3.63) is 81.6 Å². The molecule has 0 fully saturated rings. The number of aromatic nitrogens is 3. The molecule has 0 radical (unpaired) electrons. The molecule has 40 heavy (non-hydrogen) atoms. The quantitative estimate of drug-likeness (QED) is 0.293. The highest BCUT2D eigenvalue weighted by molar-refractivity contribution is 6.31. The van der Waals surface area contributed by atoms with Crippen LogP contribution in [0.3, 0.4) is 0 Å². The first-order valence-corrected chi connectivity index (χ1v) is 12.6. The number of anilines is 1. The van der Waals surface area contributed by atoms with Crippen LogP contribution >= 0.6 is 11.6 Å². The van der Waals surface area contributed by atoms with Gasteiger partial charge in [0.2, 0.25) is 5.91 Å². The van der Waals surface area contributed by atoms with Crippen molar-refractivity contribution >= 4 is 29.1 Å². The van der Waals surface area contributed by atoms with Gasteiger partial charge in [0.1, 0.15) is 17.5 Å². The lowest BCUT2D eigenvalue weighted by atomic mass is 9.97. The Kier molecular flexibility index (Phi) is 8.97. The zero-order valence-electron chi connectivity index (χ0n) is 22.4. The maximum Gasteiger partial charge on any atom is 0.269 e. The minimum atomic E-state index is -0.940. The van der Waals surface area contributed by atoms with Crippen molar-refractivity contribution in [2.75, 3.05) is 33.2 Å². The van der Waals surface area contributed by atoms with Gasteiger partial charge in [-0.3, -0.25) is 19.0 Å². The molecule has 0 bridgehead atoms. The van der Waals surface area contributed by atoms with E-state index in [-0.39, 0.29) is 24.6 Å². The number of pyridine rings is 2. The second-order valence-electron chi connectivity index (χ2n) is 8.82. The number of halogens is 1. The number of hydrogen-bond acceptors (Lipinski definition) is 8. The number of carbonyl (C=O) groups is 2. The van der Waals surface area contributed by atoms with Crippen LogP contribution in [0, 0.1) is 6.92 Å². The average Bonchev–Trinajstić information content (AvgIpc) is 3.39. The number of carbonyl (C=O) groups excluding carboxylic acids is 2. The summed E-state index contributed by atoms with van der Waals surface area (Å²) < 4.78 is 17.6. The molecule has 0 aliphatic rings. The Hall–Kier alpha value is -4.48. The SMILES string of the molecule is CNC(=O)c1ccc(NC(=O)C(CCOC)n2cc(OC)c(-c3cc(Cl)ccc3-c3cc(C)no3)cc2=O)cn1. The molecule has 0 saturated carbocycles. The van der Waals surface area contributed by atoms with Crippen molar-refractivity contribution in [3.63, 3.8) is 0 Å². The van der Waals surface area contributed by atoms with Gasteiger partial charge >= 0.3 is 0 Å². The molecule has 1 atom stereocenters. The van der Waals surface area contributed by atoms with Crippen molar-refractivity contribution in [2.45, 2.75) is 19.4 Å². The number of rotatable bonds is 10. The maximum absolute atomic E-state index is 13.5. The fourth-order valence-corrected chi connectivity index (χ4v) is 4.34. The number of aryl methyl sites for hydroxylation is 1. The molecule has 12 heteroatoms. The molecule has 4 rings (SSSR count). The van der Waals surface area contributed by atoms with Crippen LogP contribution in [0.15, 0.2) is 64.2 Å². The smallest absolute Gasteiger partial charge is 0.269 e. The van der Waals surface area contributed by atoms with Gasteiger partial charge in [0, 0.05) is 55.5 Å². The number of methoxy groups -OCH3 is 2. The van der Waals surface area contributed by atoms with E-state index in [0.29, 0.717) is 44.6 Å². The topological polar surface area (TPSA) is 138 Å². The number of nitrogens with zero attached hydrogens (tertiary/aromatic N) is 3. The number of ether oxygens (including phenoxy) is 2. The molecule has 0 aliphatic carbocycles. The summed E-state index contributed by atoms with van der Waals surface area (Å²) >= 11 is 6.32. The summed E-state index contributed by atoms with van der Waals surface area (Å²) in [6.45, 7) is 2.02. The van der Waals surface area contributed by atoms with Gasteiger partial charge in [-0.25, -0.2) is 4.98 Å². The molecular weight excluding hydrogens is 538 g/mol. The van der Waals surface area contributed by atoms with Crippen LogP contribution in [0.2, 0.25) is 5.02 Å². The second-order valence-corrected chi connectivity index (χ2v) is 9.26. The van der Waals surface area contributed by atoms with E-state index in [1.54, 1.807) is 30.3 Å². The highest BCUT2D eigenvalue weighted by Gasteiger charge is 2.25. The Labute approximate surface area is 235 Å². The van der Waals surface area contributed by atoms with Crippen molar-refractivity contribution in [2.24, 2.45) is 0 Å².